The summed E-state index contributed by atoms with van der Waals surface area (Å²) in [6.45, 7) is 17.6. The first kappa shape index (κ1) is 48.8. The number of aliphatic hydroxyl groups excluding tert-OH is 2. The maximum absolute atomic E-state index is 14.3. The van der Waals surface area contributed by atoms with E-state index in [0.717, 1.165) is 0 Å². The fourth-order valence-electron chi connectivity index (χ4n) is 9.13. The van der Waals surface area contributed by atoms with E-state index in [1.165, 1.54) is 14.0 Å². The lowest BCUT2D eigenvalue weighted by Crippen LogP contribution is -2.61. The van der Waals surface area contributed by atoms with E-state index in [1.54, 1.807) is 48.5 Å². The van der Waals surface area contributed by atoms with Crippen LogP contribution in [0.3, 0.4) is 0 Å². The smallest absolute Gasteiger partial charge is 0.320 e. The average molecular weight is 806 g/mol. The number of rotatable bonds is 9. The van der Waals surface area contributed by atoms with Crippen LogP contribution in [0.5, 0.6) is 0 Å². The lowest BCUT2D eigenvalue weighted by molar-refractivity contribution is -0.318. The van der Waals surface area contributed by atoms with Crippen LogP contribution >= 0.6 is 0 Å². The maximum Gasteiger partial charge on any atom is 0.320 e. The summed E-state index contributed by atoms with van der Waals surface area (Å²) in [4.78, 5) is 30.4. The summed E-state index contributed by atoms with van der Waals surface area (Å²) in [6, 6.07) is -0.852. The molecule has 3 saturated heterocycles. The van der Waals surface area contributed by atoms with Crippen molar-refractivity contribution in [3.05, 3.63) is 0 Å². The normalized spacial score (nSPS) is 46.8. The molecule has 18 atom stereocenters. The lowest BCUT2D eigenvalue weighted by Gasteiger charge is -2.49. The zero-order valence-corrected chi connectivity index (χ0v) is 36.3. The number of aliphatic hydroxyl groups is 4. The summed E-state index contributed by atoms with van der Waals surface area (Å²) in [5.74, 6) is -3.35. The van der Waals surface area contributed by atoms with Crippen LogP contribution in [-0.2, 0) is 42.7 Å². The first-order valence-electron chi connectivity index (χ1n) is 20.3. The van der Waals surface area contributed by atoms with E-state index < -0.39 is 102 Å². The van der Waals surface area contributed by atoms with Gasteiger partial charge in [0, 0.05) is 38.1 Å². The third-order valence-corrected chi connectivity index (χ3v) is 12.6. The molecule has 16 nitrogen and oxygen atoms in total. The number of nitrogens with two attached hydrogens (primary N) is 1. The van der Waals surface area contributed by atoms with Gasteiger partial charge in [-0.1, -0.05) is 20.8 Å². The van der Waals surface area contributed by atoms with Crippen molar-refractivity contribution in [3.8, 4) is 0 Å². The molecule has 328 valence electrons. The molecule has 0 radical (unpaired) electrons. The molecular formula is C40H75N3O13. The Hall–Kier alpha value is -1.54. The molecule has 0 aromatic heterocycles. The number of likely N-dealkylation sites (N-methyl/N-ethyl adjacent to an activating group) is 2. The van der Waals surface area contributed by atoms with Gasteiger partial charge in [0.15, 0.2) is 18.7 Å². The summed E-state index contributed by atoms with van der Waals surface area (Å²) in [6.07, 6.45) is -8.54. The minimum atomic E-state index is -1.83. The van der Waals surface area contributed by atoms with Crippen LogP contribution in [-0.4, -0.2) is 174 Å². The Bertz CT molecular complexity index is 1270. The fraction of sp³-hybridized carbons (Fsp3) is 0.950. The van der Waals surface area contributed by atoms with Crippen LogP contribution < -0.4 is 5.73 Å². The Morgan fingerprint density at radius 2 is 1.62 bits per heavy atom. The third kappa shape index (κ3) is 11.2. The number of nitrogens with zero attached hydrogens (tertiary/aromatic N) is 2. The molecule has 0 aromatic carbocycles. The molecule has 3 aliphatic rings. The standard InChI is InChI=1S/C40H75N3O13/c1-15-28-40(10,49)33(46)25(6)43(13)20-21(2)17-38(8,48)34(56-37-31(45)27(42(11)12)16-22(3)51-37)23(4)32(24(5)36(47)53-28)55-30-18-39(9,50-14)35(26(7)52-30)54-29(44)19-41/h21-28,30-35,37,45-46,48-49H,15-20,41H2,1-14H3/t21-,22-,23+,24-,25-,26+,27+,28-,30?,31-,32+,33-,34-,35+,37+,38-,39-,40-/m1/s1. The first-order valence-corrected chi connectivity index (χ1v) is 20.3. The highest BCUT2D eigenvalue weighted by molar-refractivity contribution is 5.73. The van der Waals surface area contributed by atoms with Crippen molar-refractivity contribution < 1.29 is 63.2 Å². The minimum Gasteiger partial charge on any atom is -0.459 e. The molecule has 0 spiro atoms. The Labute approximate surface area is 334 Å². The van der Waals surface area contributed by atoms with Gasteiger partial charge < -0.3 is 69.1 Å². The van der Waals surface area contributed by atoms with Crippen molar-refractivity contribution in [2.45, 2.75) is 185 Å². The third-order valence-electron chi connectivity index (χ3n) is 12.6. The number of hydrogen-bond donors (Lipinski definition) is 5. The number of ether oxygens (including phenoxy) is 7. The monoisotopic (exact) mass is 806 g/mol. The largest absolute Gasteiger partial charge is 0.459 e. The zero-order chi connectivity index (χ0) is 42.7. The van der Waals surface area contributed by atoms with E-state index in [9.17, 15) is 30.0 Å². The molecule has 3 fully saturated rings. The number of esters is 2. The topological polar surface area (TPSA) is 212 Å². The summed E-state index contributed by atoms with van der Waals surface area (Å²) in [5, 5.41) is 47.5. The Kier molecular flexibility index (Phi) is 17.2. The van der Waals surface area contributed by atoms with Crippen LogP contribution in [0.15, 0.2) is 0 Å². The van der Waals surface area contributed by atoms with Crippen LogP contribution in [0.1, 0.15) is 94.9 Å². The van der Waals surface area contributed by atoms with Gasteiger partial charge in [0.05, 0.1) is 42.5 Å². The molecule has 3 heterocycles. The molecule has 0 aromatic rings. The molecular weight excluding hydrogens is 730 g/mol. The van der Waals surface area contributed by atoms with E-state index in [0.29, 0.717) is 13.0 Å². The first-order chi connectivity index (χ1) is 25.8. The predicted octanol–water partition coefficient (Wildman–Crippen LogP) is 1.41. The fourth-order valence-corrected chi connectivity index (χ4v) is 9.13. The van der Waals surface area contributed by atoms with Crippen molar-refractivity contribution >= 4 is 11.9 Å². The van der Waals surface area contributed by atoms with Gasteiger partial charge in [-0.25, -0.2) is 0 Å². The molecule has 1 unspecified atom stereocenters. The Morgan fingerprint density at radius 3 is 2.18 bits per heavy atom. The highest BCUT2D eigenvalue weighted by atomic mass is 16.7. The number of cyclic esters (lactones) is 1. The average Bonchev–Trinajstić information content (AvgIpc) is 3.11. The van der Waals surface area contributed by atoms with Crippen LogP contribution in [0.25, 0.3) is 0 Å². The zero-order valence-electron chi connectivity index (χ0n) is 36.3. The van der Waals surface area contributed by atoms with Gasteiger partial charge in [0.25, 0.3) is 0 Å². The van der Waals surface area contributed by atoms with Crippen molar-refractivity contribution in [2.24, 2.45) is 23.5 Å². The second kappa shape index (κ2) is 19.7. The second-order valence-corrected chi connectivity index (χ2v) is 17.8. The maximum atomic E-state index is 14.3. The van der Waals surface area contributed by atoms with E-state index in [-0.39, 0.29) is 43.9 Å². The molecule has 0 amide bonds. The van der Waals surface area contributed by atoms with Gasteiger partial charge >= 0.3 is 11.9 Å². The Morgan fingerprint density at radius 1 is 1.00 bits per heavy atom. The van der Waals surface area contributed by atoms with Crippen molar-refractivity contribution in [3.63, 3.8) is 0 Å². The summed E-state index contributed by atoms with van der Waals surface area (Å²) in [5.41, 5.74) is 1.05. The van der Waals surface area contributed by atoms with E-state index >= 15 is 0 Å². The molecule has 0 saturated carbocycles. The van der Waals surface area contributed by atoms with Crippen molar-refractivity contribution in [2.75, 3.05) is 41.3 Å². The molecule has 3 rings (SSSR count). The quantitative estimate of drug-likeness (QED) is 0.209. The van der Waals surface area contributed by atoms with Gasteiger partial charge in [0.2, 0.25) is 0 Å². The van der Waals surface area contributed by atoms with Crippen LogP contribution in [0.4, 0.5) is 0 Å². The summed E-state index contributed by atoms with van der Waals surface area (Å²) < 4.78 is 43.7. The second-order valence-electron chi connectivity index (χ2n) is 17.8. The Balaban J connectivity index is 2.18. The number of carbonyl (C=O) groups excluding carboxylic acids is 2. The van der Waals surface area contributed by atoms with Gasteiger partial charge in [-0.05, 0) is 94.8 Å². The van der Waals surface area contributed by atoms with E-state index in [4.69, 9.17) is 38.9 Å². The molecule has 3 aliphatic heterocycles. The van der Waals surface area contributed by atoms with Gasteiger partial charge in [0.1, 0.15) is 29.5 Å². The summed E-state index contributed by atoms with van der Waals surface area (Å²) in [7, 11) is 7.08. The van der Waals surface area contributed by atoms with Crippen molar-refractivity contribution in [1.82, 2.24) is 9.80 Å². The van der Waals surface area contributed by atoms with E-state index in [2.05, 4.69) is 0 Å². The minimum absolute atomic E-state index is 0.0789. The lowest BCUT2D eigenvalue weighted by atomic mass is 9.77. The van der Waals surface area contributed by atoms with Crippen LogP contribution in [0.2, 0.25) is 0 Å². The highest BCUT2D eigenvalue weighted by Gasteiger charge is 2.53. The van der Waals surface area contributed by atoms with E-state index in [1.807, 2.05) is 44.8 Å². The molecule has 0 bridgehead atoms. The number of hydrogen-bond acceptors (Lipinski definition) is 16. The molecule has 56 heavy (non-hydrogen) atoms. The highest BCUT2D eigenvalue weighted by Crippen LogP contribution is 2.41. The molecule has 0 aliphatic carbocycles. The van der Waals surface area contributed by atoms with Gasteiger partial charge in [-0.3, -0.25) is 9.59 Å². The van der Waals surface area contributed by atoms with Crippen LogP contribution in [0, 0.1) is 17.8 Å². The summed E-state index contributed by atoms with van der Waals surface area (Å²) >= 11 is 0. The molecule has 6 N–H and O–H groups in total. The SMILES string of the molecule is CC[C@H]1OC(=O)[C@H](C)[C@@H](OC2C[C@@](C)(OC)[C@@H](OC(=O)CN)[C@H](C)O2)[C@H](C)[C@@H](O[C@@H]2O[C@H](C)C[C@H](N(C)C)[C@H]2O)[C@](C)(O)C[C@@H](C)CN(C)[C@H](C)[C@@H](O)[C@]1(C)O. The predicted molar refractivity (Wildman–Crippen MR) is 207 cm³/mol. The van der Waals surface area contributed by atoms with Gasteiger partial charge in [-0.15, -0.1) is 0 Å². The van der Waals surface area contributed by atoms with Crippen molar-refractivity contribution in [1.29, 1.82) is 0 Å². The number of methoxy groups -OCH3 is 1. The van der Waals surface area contributed by atoms with Gasteiger partial charge in [-0.2, -0.15) is 0 Å². The molecule has 16 heteroatoms. The number of carbonyl (C=O) groups is 2.